The molecule has 0 N–H and O–H groups in total. The minimum absolute atomic E-state index is 0.113. The second-order valence-corrected chi connectivity index (χ2v) is 8.49. The maximum absolute atomic E-state index is 10.7. The van der Waals surface area contributed by atoms with E-state index >= 15 is 0 Å². The number of hydrogen-bond acceptors (Lipinski definition) is 2. The number of rotatable bonds is 4. The summed E-state index contributed by atoms with van der Waals surface area (Å²) in [6.07, 6.45) is 6.01. The van der Waals surface area contributed by atoms with Crippen molar-refractivity contribution in [2.45, 2.75) is 71.1 Å². The lowest BCUT2D eigenvalue weighted by molar-refractivity contribution is -0.135. The maximum atomic E-state index is 10.7. The van der Waals surface area contributed by atoms with Crippen LogP contribution in [0.2, 0.25) is 0 Å². The summed E-state index contributed by atoms with van der Waals surface area (Å²) in [5.74, 6) is 1.18. The number of hydrogen-bond donors (Lipinski definition) is 0. The fourth-order valence-electron chi connectivity index (χ4n) is 5.40. The molecule has 0 spiro atoms. The normalized spacial score (nSPS) is 33.0. The summed E-state index contributed by atoms with van der Waals surface area (Å²) < 4.78 is 5.23. The van der Waals surface area contributed by atoms with Gasteiger partial charge in [-0.25, -0.2) is 0 Å². The number of carbonyl (C=O) groups excluding carboxylic acids is 1. The van der Waals surface area contributed by atoms with Gasteiger partial charge in [0.15, 0.2) is 0 Å². The largest absolute Gasteiger partial charge is 0.467 e. The monoisotopic (exact) mass is 314 g/mol. The van der Waals surface area contributed by atoms with Crippen molar-refractivity contribution >= 4 is 6.47 Å². The average Bonchev–Trinajstić information content (AvgIpc) is 2.52. The van der Waals surface area contributed by atoms with Gasteiger partial charge < -0.3 is 4.74 Å². The van der Waals surface area contributed by atoms with Crippen LogP contribution in [0.15, 0.2) is 18.2 Å². The summed E-state index contributed by atoms with van der Waals surface area (Å²) in [4.78, 5) is 10.7. The van der Waals surface area contributed by atoms with E-state index in [4.69, 9.17) is 4.74 Å². The molecule has 0 radical (unpaired) electrons. The summed E-state index contributed by atoms with van der Waals surface area (Å²) in [6, 6.07) is 7.16. The number of benzene rings is 1. The van der Waals surface area contributed by atoms with Gasteiger partial charge in [0.25, 0.3) is 6.47 Å². The van der Waals surface area contributed by atoms with Gasteiger partial charge in [-0.1, -0.05) is 52.3 Å². The van der Waals surface area contributed by atoms with Gasteiger partial charge in [0, 0.05) is 5.41 Å². The van der Waals surface area contributed by atoms with Gasteiger partial charge in [0.1, 0.15) is 0 Å². The Morgan fingerprint density at radius 1 is 1.30 bits per heavy atom. The molecule has 2 heteroatoms. The Morgan fingerprint density at radius 3 is 2.78 bits per heavy atom. The fourth-order valence-corrected chi connectivity index (χ4v) is 5.40. The van der Waals surface area contributed by atoms with Gasteiger partial charge in [-0.05, 0) is 59.6 Å². The molecule has 1 fully saturated rings. The van der Waals surface area contributed by atoms with Crippen LogP contribution in [-0.4, -0.2) is 13.1 Å². The molecule has 0 aliphatic heterocycles. The quantitative estimate of drug-likeness (QED) is 0.732. The van der Waals surface area contributed by atoms with E-state index < -0.39 is 0 Å². The molecule has 0 aromatic heterocycles. The van der Waals surface area contributed by atoms with E-state index in [0.717, 1.165) is 6.42 Å². The van der Waals surface area contributed by atoms with Crippen molar-refractivity contribution in [1.29, 1.82) is 0 Å². The molecule has 126 valence electrons. The molecular formula is C21H30O2. The van der Waals surface area contributed by atoms with Crippen LogP contribution in [0, 0.1) is 11.3 Å². The fraction of sp³-hybridized carbons (Fsp3) is 0.667. The van der Waals surface area contributed by atoms with Crippen LogP contribution >= 0.6 is 0 Å². The second-order valence-electron chi connectivity index (χ2n) is 8.49. The van der Waals surface area contributed by atoms with Crippen molar-refractivity contribution in [3.8, 4) is 0 Å². The lowest BCUT2D eigenvalue weighted by atomic mass is 9.50. The molecule has 1 saturated carbocycles. The van der Waals surface area contributed by atoms with Crippen LogP contribution in [-0.2, 0) is 21.4 Å². The number of aryl methyl sites for hydroxylation is 1. The molecule has 23 heavy (non-hydrogen) atoms. The van der Waals surface area contributed by atoms with Crippen molar-refractivity contribution < 1.29 is 9.53 Å². The molecule has 0 heterocycles. The Labute approximate surface area is 140 Å². The Balaban J connectivity index is 1.98. The third kappa shape index (κ3) is 2.70. The molecule has 0 bridgehead atoms. The number of fused-ring (bicyclic) bond motifs is 3. The van der Waals surface area contributed by atoms with E-state index in [1.165, 1.54) is 31.2 Å². The van der Waals surface area contributed by atoms with Gasteiger partial charge in [-0.15, -0.1) is 0 Å². The highest BCUT2D eigenvalue weighted by Gasteiger charge is 2.51. The Kier molecular flexibility index (Phi) is 4.29. The number of ether oxygens (including phenoxy) is 1. The first kappa shape index (κ1) is 16.5. The SMILES string of the molecule is CC(C)c1ccc2c(c1)CCC1[C@](C)(COC=O)CCC[C@]21C. The molecule has 1 aromatic carbocycles. The minimum Gasteiger partial charge on any atom is -0.467 e. The smallest absolute Gasteiger partial charge is 0.293 e. The highest BCUT2D eigenvalue weighted by Crippen LogP contribution is 2.57. The van der Waals surface area contributed by atoms with E-state index in [0.29, 0.717) is 24.9 Å². The molecule has 2 nitrogen and oxygen atoms in total. The summed E-state index contributed by atoms with van der Waals surface area (Å²) in [6.45, 7) is 10.5. The molecule has 3 rings (SSSR count). The summed E-state index contributed by atoms with van der Waals surface area (Å²) in [7, 11) is 0. The van der Waals surface area contributed by atoms with Crippen molar-refractivity contribution in [2.24, 2.45) is 11.3 Å². The molecular weight excluding hydrogens is 284 g/mol. The van der Waals surface area contributed by atoms with E-state index in [2.05, 4.69) is 45.9 Å². The molecule has 2 aliphatic rings. The summed E-state index contributed by atoms with van der Waals surface area (Å²) in [5, 5.41) is 0. The summed E-state index contributed by atoms with van der Waals surface area (Å²) in [5.41, 5.74) is 4.89. The van der Waals surface area contributed by atoms with Gasteiger partial charge in [-0.2, -0.15) is 0 Å². The zero-order valence-electron chi connectivity index (χ0n) is 15.0. The van der Waals surface area contributed by atoms with E-state index in [1.807, 2.05) is 0 Å². The lowest BCUT2D eigenvalue weighted by Crippen LogP contribution is -2.50. The van der Waals surface area contributed by atoms with Crippen molar-refractivity contribution in [3.63, 3.8) is 0 Å². The Bertz CT molecular complexity index is 592. The van der Waals surface area contributed by atoms with Crippen molar-refractivity contribution in [2.75, 3.05) is 6.61 Å². The second kappa shape index (κ2) is 5.96. The third-order valence-corrected chi connectivity index (χ3v) is 6.65. The average molecular weight is 314 g/mol. The lowest BCUT2D eigenvalue weighted by Gasteiger charge is -2.55. The van der Waals surface area contributed by atoms with Crippen LogP contribution in [0.5, 0.6) is 0 Å². The van der Waals surface area contributed by atoms with E-state index in [9.17, 15) is 4.79 Å². The molecule has 2 aliphatic carbocycles. The van der Waals surface area contributed by atoms with Crippen molar-refractivity contribution in [1.82, 2.24) is 0 Å². The predicted molar refractivity (Wildman–Crippen MR) is 93.7 cm³/mol. The Morgan fingerprint density at radius 2 is 2.09 bits per heavy atom. The van der Waals surface area contributed by atoms with Gasteiger partial charge >= 0.3 is 0 Å². The van der Waals surface area contributed by atoms with E-state index in [1.54, 1.807) is 11.1 Å². The zero-order valence-corrected chi connectivity index (χ0v) is 15.0. The molecule has 1 unspecified atom stereocenters. The predicted octanol–water partition coefficient (Wildman–Crippen LogP) is 4.99. The molecule has 0 amide bonds. The minimum atomic E-state index is 0.113. The first-order valence-corrected chi connectivity index (χ1v) is 9.09. The topological polar surface area (TPSA) is 26.3 Å². The standard InChI is InChI=1S/C21H30O2/c1-15(2)16-6-8-18-17(12-16)7-9-19-20(3,13-23-14-22)10-5-11-21(18,19)4/h6,8,12,14-15,19H,5,7,9-11,13H2,1-4H3/t19?,20-,21+/m0/s1. The van der Waals surface area contributed by atoms with Crippen LogP contribution in [0.3, 0.4) is 0 Å². The molecule has 3 atom stereocenters. The molecule has 1 aromatic rings. The van der Waals surface area contributed by atoms with Crippen LogP contribution < -0.4 is 0 Å². The third-order valence-electron chi connectivity index (χ3n) is 6.65. The van der Waals surface area contributed by atoms with Gasteiger partial charge in [0.05, 0.1) is 6.61 Å². The number of carbonyl (C=O) groups is 1. The van der Waals surface area contributed by atoms with Gasteiger partial charge in [-0.3, -0.25) is 4.79 Å². The molecule has 0 saturated heterocycles. The first-order chi connectivity index (χ1) is 10.9. The van der Waals surface area contributed by atoms with E-state index in [-0.39, 0.29) is 10.8 Å². The Hall–Kier alpha value is -1.31. The van der Waals surface area contributed by atoms with Crippen LogP contribution in [0.4, 0.5) is 0 Å². The van der Waals surface area contributed by atoms with Crippen LogP contribution in [0.1, 0.15) is 76.0 Å². The van der Waals surface area contributed by atoms with Gasteiger partial charge in [0.2, 0.25) is 0 Å². The van der Waals surface area contributed by atoms with Crippen LogP contribution in [0.25, 0.3) is 0 Å². The zero-order chi connectivity index (χ0) is 16.7. The highest BCUT2D eigenvalue weighted by atomic mass is 16.5. The summed E-state index contributed by atoms with van der Waals surface area (Å²) >= 11 is 0. The first-order valence-electron chi connectivity index (χ1n) is 9.09. The maximum Gasteiger partial charge on any atom is 0.293 e. The highest BCUT2D eigenvalue weighted by molar-refractivity contribution is 5.42. The van der Waals surface area contributed by atoms with Crippen molar-refractivity contribution in [3.05, 3.63) is 34.9 Å².